The Morgan fingerprint density at radius 2 is 2.21 bits per heavy atom. The van der Waals surface area contributed by atoms with E-state index >= 15 is 0 Å². The highest BCUT2D eigenvalue weighted by Gasteiger charge is 2.45. The quantitative estimate of drug-likeness (QED) is 0.819. The number of aryl methyl sites for hydroxylation is 1. The van der Waals surface area contributed by atoms with Gasteiger partial charge in [-0.15, -0.1) is 0 Å². The van der Waals surface area contributed by atoms with Crippen LogP contribution in [-0.2, 0) is 23.7 Å². The van der Waals surface area contributed by atoms with E-state index in [2.05, 4.69) is 20.3 Å². The molecule has 2 aliphatic carbocycles. The number of aromatic nitrogens is 4. The molecule has 0 bridgehead atoms. The maximum atomic E-state index is 12.6. The minimum Gasteiger partial charge on any atom is -0.322 e. The smallest absolute Gasteiger partial charge is 0.254 e. The van der Waals surface area contributed by atoms with Gasteiger partial charge in [0, 0.05) is 30.5 Å². The van der Waals surface area contributed by atoms with Crippen molar-refractivity contribution < 1.29 is 4.79 Å². The first-order chi connectivity index (χ1) is 13.9. The van der Waals surface area contributed by atoms with Gasteiger partial charge in [-0.3, -0.25) is 19.2 Å². The molecule has 1 amide bonds. The minimum atomic E-state index is -0.0873. The maximum Gasteiger partial charge on any atom is 0.254 e. The third-order valence-corrected chi connectivity index (χ3v) is 6.89. The van der Waals surface area contributed by atoms with Gasteiger partial charge in [-0.2, -0.15) is 5.10 Å². The van der Waals surface area contributed by atoms with Crippen molar-refractivity contribution in [2.75, 3.05) is 25.0 Å². The average molecular weight is 396 g/mol. The number of nitrogens with zero attached hydrogens (tertiary/aromatic N) is 4. The molecule has 1 aliphatic heterocycles. The number of nitrogens with one attached hydrogen (secondary N) is 2. The molecular weight excluding hydrogens is 368 g/mol. The van der Waals surface area contributed by atoms with E-state index in [0.29, 0.717) is 12.5 Å². The summed E-state index contributed by atoms with van der Waals surface area (Å²) in [6.45, 7) is 3.98. The number of H-pyrrole nitrogens is 1. The van der Waals surface area contributed by atoms with E-state index in [1.165, 1.54) is 0 Å². The topological polar surface area (TPSA) is 95.9 Å². The number of hydrogen-bond donors (Lipinski definition) is 2. The van der Waals surface area contributed by atoms with Gasteiger partial charge in [0.15, 0.2) is 0 Å². The second-order valence-electron chi connectivity index (χ2n) is 8.96. The zero-order valence-corrected chi connectivity index (χ0v) is 17.1. The van der Waals surface area contributed by atoms with Crippen LogP contribution in [-0.4, -0.2) is 50.2 Å². The van der Waals surface area contributed by atoms with Crippen LogP contribution in [0.15, 0.2) is 11.0 Å². The number of amides is 1. The summed E-state index contributed by atoms with van der Waals surface area (Å²) in [6, 6.07) is 0. The van der Waals surface area contributed by atoms with Gasteiger partial charge in [0.05, 0.1) is 29.8 Å². The molecule has 0 aromatic carbocycles. The Balaban J connectivity index is 1.33. The first-order valence-electron chi connectivity index (χ1n) is 10.6. The lowest BCUT2D eigenvalue weighted by Gasteiger charge is -2.40. The van der Waals surface area contributed by atoms with E-state index < -0.39 is 0 Å². The zero-order chi connectivity index (χ0) is 20.2. The van der Waals surface area contributed by atoms with Crippen molar-refractivity contribution in [1.29, 1.82) is 0 Å². The normalized spacial score (nSPS) is 24.1. The molecule has 1 unspecified atom stereocenters. The molecule has 5 rings (SSSR count). The summed E-state index contributed by atoms with van der Waals surface area (Å²) >= 11 is 0. The number of fused-ring (bicyclic) bond motifs is 2. The molecule has 3 heterocycles. The Morgan fingerprint density at radius 1 is 1.38 bits per heavy atom. The number of aromatic amines is 1. The van der Waals surface area contributed by atoms with Gasteiger partial charge in [0.2, 0.25) is 5.91 Å². The number of piperidine rings is 1. The van der Waals surface area contributed by atoms with Crippen molar-refractivity contribution in [3.63, 3.8) is 0 Å². The van der Waals surface area contributed by atoms with Gasteiger partial charge in [0.25, 0.3) is 5.56 Å². The van der Waals surface area contributed by atoms with Crippen molar-refractivity contribution in [3.05, 3.63) is 39.3 Å². The van der Waals surface area contributed by atoms with Crippen molar-refractivity contribution in [1.82, 2.24) is 24.6 Å². The molecule has 8 heteroatoms. The Labute approximate surface area is 169 Å². The van der Waals surface area contributed by atoms with Crippen LogP contribution < -0.4 is 10.9 Å². The van der Waals surface area contributed by atoms with Crippen LogP contribution in [0.5, 0.6) is 0 Å². The summed E-state index contributed by atoms with van der Waals surface area (Å²) in [4.78, 5) is 35.4. The third kappa shape index (κ3) is 3.29. The monoisotopic (exact) mass is 396 g/mol. The number of hydrogen-bond acceptors (Lipinski definition) is 5. The van der Waals surface area contributed by atoms with Gasteiger partial charge < -0.3 is 10.3 Å². The van der Waals surface area contributed by atoms with Gasteiger partial charge >= 0.3 is 0 Å². The van der Waals surface area contributed by atoms with Crippen LogP contribution in [0.2, 0.25) is 0 Å². The van der Waals surface area contributed by atoms with Crippen LogP contribution in [0, 0.1) is 6.92 Å². The van der Waals surface area contributed by atoms with E-state index in [1.54, 1.807) is 10.9 Å². The average Bonchev–Trinajstić information content (AvgIpc) is 3.43. The van der Waals surface area contributed by atoms with Crippen molar-refractivity contribution in [2.45, 2.75) is 56.8 Å². The fourth-order valence-electron chi connectivity index (χ4n) is 4.99. The molecule has 0 radical (unpaired) electrons. The van der Waals surface area contributed by atoms with E-state index in [0.717, 1.165) is 80.1 Å². The van der Waals surface area contributed by atoms with Gasteiger partial charge in [-0.1, -0.05) is 0 Å². The highest BCUT2D eigenvalue weighted by Crippen LogP contribution is 2.44. The van der Waals surface area contributed by atoms with Crippen LogP contribution in [0.4, 0.5) is 5.69 Å². The van der Waals surface area contributed by atoms with Crippen LogP contribution in [0.3, 0.4) is 0 Å². The first-order valence-corrected chi connectivity index (χ1v) is 10.6. The molecule has 1 saturated carbocycles. The molecule has 2 N–H and O–H groups in total. The van der Waals surface area contributed by atoms with E-state index in [9.17, 15) is 9.59 Å². The predicted molar refractivity (Wildman–Crippen MR) is 109 cm³/mol. The summed E-state index contributed by atoms with van der Waals surface area (Å²) in [5, 5.41) is 7.17. The van der Waals surface area contributed by atoms with Crippen molar-refractivity contribution in [2.24, 2.45) is 7.05 Å². The fourth-order valence-corrected chi connectivity index (χ4v) is 4.99. The molecule has 2 aromatic heterocycles. The molecule has 2 fully saturated rings. The maximum absolute atomic E-state index is 12.6. The van der Waals surface area contributed by atoms with Crippen LogP contribution >= 0.6 is 0 Å². The lowest BCUT2D eigenvalue weighted by molar-refractivity contribution is -0.117. The van der Waals surface area contributed by atoms with Gasteiger partial charge in [-0.25, -0.2) is 4.98 Å². The van der Waals surface area contributed by atoms with Gasteiger partial charge in [0.1, 0.15) is 5.82 Å². The first kappa shape index (κ1) is 18.5. The predicted octanol–water partition coefficient (Wildman–Crippen LogP) is 1.61. The molecule has 154 valence electrons. The SMILES string of the molecule is Cc1c(NC(=O)CN2CCCC3(CCc4c3nc(C3CC3)[nH]c4=O)C2)cnn1C. The van der Waals surface area contributed by atoms with Crippen molar-refractivity contribution >= 4 is 11.6 Å². The minimum absolute atomic E-state index is 0.0195. The van der Waals surface area contributed by atoms with Crippen LogP contribution in [0.25, 0.3) is 0 Å². The molecule has 1 spiro atoms. The summed E-state index contributed by atoms with van der Waals surface area (Å²) < 4.78 is 1.75. The summed E-state index contributed by atoms with van der Waals surface area (Å²) in [7, 11) is 1.86. The molecule has 1 saturated heterocycles. The Hall–Kier alpha value is -2.48. The number of carbonyl (C=O) groups excluding carboxylic acids is 1. The Kier molecular flexibility index (Phi) is 4.34. The van der Waals surface area contributed by atoms with Crippen molar-refractivity contribution in [3.8, 4) is 0 Å². The number of carbonyl (C=O) groups is 1. The molecule has 8 nitrogen and oxygen atoms in total. The Bertz CT molecular complexity index is 1020. The molecule has 1 atom stereocenters. The molecule has 29 heavy (non-hydrogen) atoms. The van der Waals surface area contributed by atoms with E-state index in [4.69, 9.17) is 4.98 Å². The lowest BCUT2D eigenvalue weighted by Crippen LogP contribution is -2.48. The molecule has 2 aromatic rings. The lowest BCUT2D eigenvalue weighted by atomic mass is 9.77. The number of rotatable bonds is 4. The van der Waals surface area contributed by atoms with E-state index in [1.807, 2.05) is 14.0 Å². The van der Waals surface area contributed by atoms with Gasteiger partial charge in [-0.05, 0) is 52.0 Å². The van der Waals surface area contributed by atoms with E-state index in [-0.39, 0.29) is 16.9 Å². The standard InChI is InChI=1S/C21H28N6O2/c1-13-16(10-22-26(13)2)23-17(28)11-27-9-3-7-21(12-27)8-6-15-18(21)24-19(14-4-5-14)25-20(15)29/h10,14H,3-9,11-12H2,1-2H3,(H,23,28)(H,24,25,29). The van der Waals surface area contributed by atoms with Crippen LogP contribution in [0.1, 0.15) is 60.8 Å². The summed E-state index contributed by atoms with van der Waals surface area (Å²) in [6.07, 6.45) is 7.73. The third-order valence-electron chi connectivity index (χ3n) is 6.89. The Morgan fingerprint density at radius 3 is 2.93 bits per heavy atom. The highest BCUT2D eigenvalue weighted by atomic mass is 16.2. The largest absolute Gasteiger partial charge is 0.322 e. The highest BCUT2D eigenvalue weighted by molar-refractivity contribution is 5.92. The summed E-state index contributed by atoms with van der Waals surface area (Å²) in [5.41, 5.74) is 3.54. The fraction of sp³-hybridized carbons (Fsp3) is 0.619. The second-order valence-corrected chi connectivity index (χ2v) is 8.96. The molecular formula is C21H28N6O2. The zero-order valence-electron chi connectivity index (χ0n) is 17.1. The number of likely N-dealkylation sites (tertiary alicyclic amines) is 1. The summed E-state index contributed by atoms with van der Waals surface area (Å²) in [5.74, 6) is 1.28. The molecule has 3 aliphatic rings. The second kappa shape index (κ2) is 6.79. The number of anilines is 1.